The first-order valence-corrected chi connectivity index (χ1v) is 6.56. The highest BCUT2D eigenvalue weighted by atomic mass is 79.9. The van der Waals surface area contributed by atoms with Gasteiger partial charge in [0.05, 0.1) is 20.3 Å². The number of nitrogens with zero attached hydrogens (tertiary/aromatic N) is 2. The van der Waals surface area contributed by atoms with Crippen LogP contribution in [0.4, 0.5) is 10.3 Å². The normalized spacial score (nSPS) is 10.2. The number of benzene rings is 1. The summed E-state index contributed by atoms with van der Waals surface area (Å²) in [6.45, 7) is 0.252. The molecule has 2 aromatic rings. The number of hydrogen-bond donors (Lipinski definition) is 1. The van der Waals surface area contributed by atoms with E-state index in [-0.39, 0.29) is 12.4 Å². The molecule has 0 spiro atoms. The van der Waals surface area contributed by atoms with Crippen molar-refractivity contribution < 1.29 is 13.9 Å². The van der Waals surface area contributed by atoms with Crippen LogP contribution in [0.25, 0.3) is 0 Å². The lowest BCUT2D eigenvalue weighted by Gasteiger charge is -2.09. The minimum Gasteiger partial charge on any atom is -0.481 e. The van der Waals surface area contributed by atoms with Crippen LogP contribution in [0.5, 0.6) is 11.8 Å². The maximum atomic E-state index is 13.6. The average Bonchev–Trinajstić information content (AvgIpc) is 2.47. The van der Waals surface area contributed by atoms with Gasteiger partial charge in [-0.25, -0.2) is 4.39 Å². The number of anilines is 1. The molecule has 0 saturated carbocycles. The van der Waals surface area contributed by atoms with Crippen molar-refractivity contribution in [3.8, 4) is 11.8 Å². The number of aromatic nitrogens is 2. The molecule has 0 radical (unpaired) electrons. The van der Waals surface area contributed by atoms with Crippen LogP contribution in [0.15, 0.2) is 28.7 Å². The second-order valence-corrected chi connectivity index (χ2v) is 4.78. The van der Waals surface area contributed by atoms with Crippen LogP contribution in [0.3, 0.4) is 0 Å². The molecule has 20 heavy (non-hydrogen) atoms. The van der Waals surface area contributed by atoms with Gasteiger partial charge in [0.2, 0.25) is 17.7 Å². The van der Waals surface area contributed by atoms with Crippen molar-refractivity contribution >= 4 is 21.9 Å². The van der Waals surface area contributed by atoms with Crippen molar-refractivity contribution in [1.29, 1.82) is 0 Å². The summed E-state index contributed by atoms with van der Waals surface area (Å²) in [6, 6.07) is 6.29. The molecule has 0 bridgehead atoms. The highest BCUT2D eigenvalue weighted by molar-refractivity contribution is 9.10. The number of rotatable bonds is 5. The van der Waals surface area contributed by atoms with Gasteiger partial charge < -0.3 is 14.8 Å². The minimum atomic E-state index is -0.296. The van der Waals surface area contributed by atoms with Gasteiger partial charge in [-0.05, 0) is 18.2 Å². The van der Waals surface area contributed by atoms with Gasteiger partial charge in [-0.3, -0.25) is 0 Å². The summed E-state index contributed by atoms with van der Waals surface area (Å²) in [7, 11) is 3.00. The van der Waals surface area contributed by atoms with Crippen molar-refractivity contribution in [2.75, 3.05) is 19.5 Å². The molecule has 0 saturated heterocycles. The number of hydrogen-bond acceptors (Lipinski definition) is 5. The molecule has 0 aliphatic rings. The van der Waals surface area contributed by atoms with Crippen LogP contribution in [0.2, 0.25) is 0 Å². The van der Waals surface area contributed by atoms with E-state index in [1.807, 2.05) is 0 Å². The molecule has 0 aliphatic carbocycles. The van der Waals surface area contributed by atoms with E-state index in [1.165, 1.54) is 20.3 Å². The van der Waals surface area contributed by atoms with Gasteiger partial charge in [0.15, 0.2) is 0 Å². The number of methoxy groups -OCH3 is 2. The lowest BCUT2D eigenvalue weighted by Crippen LogP contribution is -2.06. The molecule has 0 amide bonds. The fraction of sp³-hybridized carbons (Fsp3) is 0.231. The zero-order chi connectivity index (χ0) is 14.5. The Morgan fingerprint density at radius 2 is 1.80 bits per heavy atom. The van der Waals surface area contributed by atoms with Crippen LogP contribution in [0, 0.1) is 5.82 Å². The average molecular weight is 342 g/mol. The third-order valence-corrected chi connectivity index (χ3v) is 3.04. The second-order valence-electron chi connectivity index (χ2n) is 3.87. The Hall–Kier alpha value is -1.89. The molecule has 0 unspecified atom stereocenters. The Morgan fingerprint density at radius 3 is 2.40 bits per heavy atom. The minimum absolute atomic E-state index is 0.252. The summed E-state index contributed by atoms with van der Waals surface area (Å²) in [4.78, 5) is 8.22. The van der Waals surface area contributed by atoms with E-state index in [2.05, 4.69) is 31.2 Å². The van der Waals surface area contributed by atoms with Gasteiger partial charge in [0.25, 0.3) is 0 Å². The quantitative estimate of drug-likeness (QED) is 0.905. The SMILES string of the molecule is COc1cc(OC)nc(NCc2cc(Br)ccc2F)n1. The molecule has 1 aromatic carbocycles. The second kappa shape index (κ2) is 6.51. The largest absolute Gasteiger partial charge is 0.481 e. The van der Waals surface area contributed by atoms with Gasteiger partial charge in [-0.15, -0.1) is 0 Å². The Bertz CT molecular complexity index is 588. The number of nitrogens with one attached hydrogen (secondary N) is 1. The fourth-order valence-electron chi connectivity index (χ4n) is 1.55. The third kappa shape index (κ3) is 3.57. The lowest BCUT2D eigenvalue weighted by molar-refractivity contribution is 0.373. The predicted molar refractivity (Wildman–Crippen MR) is 76.6 cm³/mol. The van der Waals surface area contributed by atoms with E-state index >= 15 is 0 Å². The molecular weight excluding hydrogens is 329 g/mol. The third-order valence-electron chi connectivity index (χ3n) is 2.54. The van der Waals surface area contributed by atoms with Crippen LogP contribution in [-0.2, 0) is 6.54 Å². The Balaban J connectivity index is 2.16. The maximum Gasteiger partial charge on any atom is 0.229 e. The highest BCUT2D eigenvalue weighted by Crippen LogP contribution is 2.19. The van der Waals surface area contributed by atoms with E-state index in [1.54, 1.807) is 18.2 Å². The molecule has 0 atom stereocenters. The molecular formula is C13H13BrFN3O2. The van der Waals surface area contributed by atoms with Crippen molar-refractivity contribution in [2.24, 2.45) is 0 Å². The fourth-order valence-corrected chi connectivity index (χ4v) is 1.95. The molecule has 0 fully saturated rings. The maximum absolute atomic E-state index is 13.6. The number of ether oxygens (including phenoxy) is 2. The summed E-state index contributed by atoms with van der Waals surface area (Å²) in [5, 5.41) is 2.94. The summed E-state index contributed by atoms with van der Waals surface area (Å²) in [5.41, 5.74) is 0.504. The summed E-state index contributed by atoms with van der Waals surface area (Å²) < 4.78 is 24.5. The summed E-state index contributed by atoms with van der Waals surface area (Å²) in [6.07, 6.45) is 0. The van der Waals surface area contributed by atoms with Crippen molar-refractivity contribution in [3.05, 3.63) is 40.1 Å². The summed E-state index contributed by atoms with van der Waals surface area (Å²) in [5.74, 6) is 0.749. The Kier molecular flexibility index (Phi) is 4.73. The Morgan fingerprint density at radius 1 is 1.15 bits per heavy atom. The molecule has 2 rings (SSSR count). The predicted octanol–water partition coefficient (Wildman–Crippen LogP) is 3.01. The molecule has 106 valence electrons. The first kappa shape index (κ1) is 14.5. The molecule has 1 N–H and O–H groups in total. The van der Waals surface area contributed by atoms with Gasteiger partial charge in [-0.2, -0.15) is 9.97 Å². The summed E-state index contributed by atoms with van der Waals surface area (Å²) >= 11 is 3.30. The zero-order valence-electron chi connectivity index (χ0n) is 11.0. The van der Waals surface area contributed by atoms with Crippen LogP contribution >= 0.6 is 15.9 Å². The molecule has 1 heterocycles. The zero-order valence-corrected chi connectivity index (χ0v) is 12.6. The van der Waals surface area contributed by atoms with E-state index in [0.717, 1.165) is 4.47 Å². The van der Waals surface area contributed by atoms with Crippen molar-refractivity contribution in [3.63, 3.8) is 0 Å². The van der Waals surface area contributed by atoms with Crippen LogP contribution in [-0.4, -0.2) is 24.2 Å². The standard InChI is InChI=1S/C13H13BrFN3O2/c1-19-11-6-12(20-2)18-13(17-11)16-7-8-5-9(14)3-4-10(8)15/h3-6H,7H2,1-2H3,(H,16,17,18). The highest BCUT2D eigenvalue weighted by Gasteiger charge is 2.07. The van der Waals surface area contributed by atoms with Gasteiger partial charge in [-0.1, -0.05) is 15.9 Å². The van der Waals surface area contributed by atoms with E-state index in [9.17, 15) is 4.39 Å². The lowest BCUT2D eigenvalue weighted by atomic mass is 10.2. The molecule has 1 aromatic heterocycles. The smallest absolute Gasteiger partial charge is 0.229 e. The van der Waals surface area contributed by atoms with Gasteiger partial charge in [0.1, 0.15) is 5.82 Å². The molecule has 7 heteroatoms. The van der Waals surface area contributed by atoms with Gasteiger partial charge in [0, 0.05) is 16.6 Å². The van der Waals surface area contributed by atoms with Crippen LogP contribution in [0.1, 0.15) is 5.56 Å². The topological polar surface area (TPSA) is 56.3 Å². The number of halogens is 2. The van der Waals surface area contributed by atoms with E-state index in [4.69, 9.17) is 9.47 Å². The Labute approximate surface area is 124 Å². The molecule has 5 nitrogen and oxygen atoms in total. The van der Waals surface area contributed by atoms with Crippen molar-refractivity contribution in [2.45, 2.75) is 6.54 Å². The first-order chi connectivity index (χ1) is 9.62. The van der Waals surface area contributed by atoms with E-state index in [0.29, 0.717) is 23.3 Å². The van der Waals surface area contributed by atoms with Crippen LogP contribution < -0.4 is 14.8 Å². The van der Waals surface area contributed by atoms with E-state index < -0.39 is 0 Å². The van der Waals surface area contributed by atoms with Crippen molar-refractivity contribution in [1.82, 2.24) is 9.97 Å². The monoisotopic (exact) mass is 341 g/mol. The molecule has 0 aliphatic heterocycles. The first-order valence-electron chi connectivity index (χ1n) is 5.77. The van der Waals surface area contributed by atoms with Gasteiger partial charge >= 0.3 is 0 Å².